The molecule has 2 saturated carbocycles. The van der Waals surface area contributed by atoms with Gasteiger partial charge in [0.1, 0.15) is 12.1 Å². The van der Waals surface area contributed by atoms with E-state index in [2.05, 4.69) is 11.9 Å². The fourth-order valence-electron chi connectivity index (χ4n) is 4.10. The zero-order chi connectivity index (χ0) is 17.4. The number of esters is 1. The molecule has 1 amide bonds. The van der Waals surface area contributed by atoms with Gasteiger partial charge in [0.15, 0.2) is 0 Å². The van der Waals surface area contributed by atoms with Gasteiger partial charge in [0.05, 0.1) is 7.11 Å². The summed E-state index contributed by atoms with van der Waals surface area (Å²) in [5.74, 6) is 0.225. The Bertz CT molecular complexity index is 431. The van der Waals surface area contributed by atoms with Crippen LogP contribution in [0.2, 0.25) is 0 Å². The lowest BCUT2D eigenvalue weighted by atomic mass is 9.98. The van der Waals surface area contributed by atoms with E-state index in [4.69, 9.17) is 9.47 Å². The number of methoxy groups -OCH3 is 1. The topological polar surface area (TPSA) is 64.6 Å². The van der Waals surface area contributed by atoms with Gasteiger partial charge in [0, 0.05) is 0 Å². The summed E-state index contributed by atoms with van der Waals surface area (Å²) in [5.41, 5.74) is 0. The highest BCUT2D eigenvalue weighted by Crippen LogP contribution is 2.33. The summed E-state index contributed by atoms with van der Waals surface area (Å²) in [6, 6.07) is -0.578. The average Bonchev–Trinajstić information content (AvgIpc) is 3.24. The van der Waals surface area contributed by atoms with E-state index in [0.717, 1.165) is 64.2 Å². The lowest BCUT2D eigenvalue weighted by Gasteiger charge is -2.25. The van der Waals surface area contributed by atoms with Crippen molar-refractivity contribution in [2.24, 2.45) is 11.8 Å². The summed E-state index contributed by atoms with van der Waals surface area (Å²) in [6.45, 7) is 3.75. The van der Waals surface area contributed by atoms with Gasteiger partial charge in [-0.1, -0.05) is 18.9 Å². The molecular weight excluding hydrogens is 306 g/mol. The summed E-state index contributed by atoms with van der Waals surface area (Å²) in [5, 5.41) is 2.77. The molecule has 0 aliphatic heterocycles. The predicted molar refractivity (Wildman–Crippen MR) is 92.6 cm³/mol. The monoisotopic (exact) mass is 337 g/mol. The van der Waals surface area contributed by atoms with Gasteiger partial charge < -0.3 is 14.8 Å². The minimum atomic E-state index is -0.578. The van der Waals surface area contributed by atoms with Crippen molar-refractivity contribution < 1.29 is 19.1 Å². The van der Waals surface area contributed by atoms with Crippen molar-refractivity contribution in [3.63, 3.8) is 0 Å². The molecule has 136 valence electrons. The second-order valence-electron chi connectivity index (χ2n) is 7.04. The van der Waals surface area contributed by atoms with Crippen molar-refractivity contribution in [3.8, 4) is 0 Å². The Morgan fingerprint density at radius 2 is 1.96 bits per heavy atom. The van der Waals surface area contributed by atoms with Crippen LogP contribution in [-0.4, -0.2) is 31.3 Å². The molecule has 0 aromatic carbocycles. The highest BCUT2D eigenvalue weighted by Gasteiger charge is 2.35. The van der Waals surface area contributed by atoms with Gasteiger partial charge in [0.25, 0.3) is 0 Å². The number of nitrogens with one attached hydrogen (secondary N) is 1. The Kier molecular flexibility index (Phi) is 7.60. The van der Waals surface area contributed by atoms with Gasteiger partial charge >= 0.3 is 12.1 Å². The maximum atomic E-state index is 12.3. The van der Waals surface area contributed by atoms with Crippen LogP contribution in [0.5, 0.6) is 0 Å². The molecule has 0 spiro atoms. The molecule has 2 aliphatic rings. The molecule has 0 heterocycles. The molecule has 2 aliphatic carbocycles. The molecule has 5 nitrogen and oxygen atoms in total. The smallest absolute Gasteiger partial charge is 0.408 e. The summed E-state index contributed by atoms with van der Waals surface area (Å²) >= 11 is 0. The lowest BCUT2D eigenvalue weighted by molar-refractivity contribution is -0.144. The highest BCUT2D eigenvalue weighted by atomic mass is 16.6. The molecule has 2 rings (SSSR count). The van der Waals surface area contributed by atoms with Crippen molar-refractivity contribution in [2.45, 2.75) is 76.4 Å². The number of rotatable bonds is 8. The normalized spacial score (nSPS) is 25.2. The predicted octanol–water partition coefficient (Wildman–Crippen LogP) is 3.97. The van der Waals surface area contributed by atoms with E-state index in [1.807, 2.05) is 6.08 Å². The van der Waals surface area contributed by atoms with Crippen molar-refractivity contribution in [1.29, 1.82) is 0 Å². The van der Waals surface area contributed by atoms with Crippen LogP contribution in [0.15, 0.2) is 12.7 Å². The molecule has 1 N–H and O–H groups in total. The molecule has 0 saturated heterocycles. The van der Waals surface area contributed by atoms with E-state index in [1.54, 1.807) is 0 Å². The van der Waals surface area contributed by atoms with E-state index in [-0.39, 0.29) is 18.0 Å². The van der Waals surface area contributed by atoms with Crippen LogP contribution in [-0.2, 0) is 14.3 Å². The van der Waals surface area contributed by atoms with E-state index in [0.29, 0.717) is 5.92 Å². The van der Waals surface area contributed by atoms with Crippen LogP contribution in [0.1, 0.15) is 64.2 Å². The number of hydrogen-bond acceptors (Lipinski definition) is 4. The van der Waals surface area contributed by atoms with Gasteiger partial charge in [0.2, 0.25) is 0 Å². The first-order chi connectivity index (χ1) is 11.7. The van der Waals surface area contributed by atoms with E-state index in [1.165, 1.54) is 7.11 Å². The van der Waals surface area contributed by atoms with Crippen LogP contribution in [0.25, 0.3) is 0 Å². The van der Waals surface area contributed by atoms with Gasteiger partial charge in [-0.25, -0.2) is 9.59 Å². The first-order valence-electron chi connectivity index (χ1n) is 9.31. The molecule has 0 radical (unpaired) electrons. The van der Waals surface area contributed by atoms with Gasteiger partial charge in [-0.05, 0) is 63.2 Å². The Hall–Kier alpha value is -1.52. The van der Waals surface area contributed by atoms with Crippen LogP contribution in [0.3, 0.4) is 0 Å². The Morgan fingerprint density at radius 1 is 1.21 bits per heavy atom. The van der Waals surface area contributed by atoms with E-state index in [9.17, 15) is 9.59 Å². The van der Waals surface area contributed by atoms with Gasteiger partial charge in [-0.2, -0.15) is 0 Å². The number of hydrogen-bond donors (Lipinski definition) is 1. The third-order valence-corrected chi connectivity index (χ3v) is 5.43. The van der Waals surface area contributed by atoms with Crippen molar-refractivity contribution in [3.05, 3.63) is 12.7 Å². The molecular formula is C19H31NO4. The third kappa shape index (κ3) is 5.25. The fraction of sp³-hybridized carbons (Fsp3) is 0.789. The first kappa shape index (κ1) is 18.8. The largest absolute Gasteiger partial charge is 0.467 e. The van der Waals surface area contributed by atoms with Gasteiger partial charge in [-0.3, -0.25) is 0 Å². The molecule has 2 fully saturated rings. The number of allylic oxidation sites excluding steroid dienone is 1. The van der Waals surface area contributed by atoms with Crippen molar-refractivity contribution in [2.75, 3.05) is 7.11 Å². The van der Waals surface area contributed by atoms with E-state index < -0.39 is 12.1 Å². The number of amides is 1. The second kappa shape index (κ2) is 9.70. The number of alkyl carbamates (subject to hydrolysis) is 1. The zero-order valence-corrected chi connectivity index (χ0v) is 14.8. The molecule has 3 atom stereocenters. The molecule has 0 aromatic rings. The summed E-state index contributed by atoms with van der Waals surface area (Å²) in [7, 11) is 1.36. The number of carbonyl (C=O) groups excluding carboxylic acids is 2. The Morgan fingerprint density at radius 3 is 2.62 bits per heavy atom. The summed E-state index contributed by atoms with van der Waals surface area (Å²) < 4.78 is 10.5. The first-order valence-corrected chi connectivity index (χ1v) is 9.31. The SMILES string of the molecule is C=CCCCC1CCC[C@H]1OC(=O)N[C@H](C(=O)OC)C1CCCC1. The standard InChI is InChI=1S/C19H31NO4/c1-3-4-5-9-14-12-8-13-16(14)24-19(22)20-17(18(21)23-2)15-10-6-7-11-15/h3,14-17H,1,4-13H2,2H3,(H,20,22)/t14?,16-,17+/m1/s1. The van der Waals surface area contributed by atoms with E-state index >= 15 is 0 Å². The van der Waals surface area contributed by atoms with Gasteiger partial charge in [-0.15, -0.1) is 6.58 Å². The molecule has 1 unspecified atom stereocenters. The Labute approximate surface area is 145 Å². The van der Waals surface area contributed by atoms with Crippen LogP contribution >= 0.6 is 0 Å². The van der Waals surface area contributed by atoms with Crippen LogP contribution < -0.4 is 5.32 Å². The maximum absolute atomic E-state index is 12.3. The lowest BCUT2D eigenvalue weighted by Crippen LogP contribution is -2.47. The zero-order valence-electron chi connectivity index (χ0n) is 14.8. The molecule has 0 bridgehead atoms. The number of carbonyl (C=O) groups is 2. The number of unbranched alkanes of at least 4 members (excludes halogenated alkanes) is 1. The van der Waals surface area contributed by atoms with Crippen molar-refractivity contribution in [1.82, 2.24) is 5.32 Å². The number of ether oxygens (including phenoxy) is 2. The highest BCUT2D eigenvalue weighted by molar-refractivity contribution is 5.81. The maximum Gasteiger partial charge on any atom is 0.408 e. The second-order valence-corrected chi connectivity index (χ2v) is 7.04. The summed E-state index contributed by atoms with van der Waals surface area (Å²) in [4.78, 5) is 24.3. The molecule has 24 heavy (non-hydrogen) atoms. The summed E-state index contributed by atoms with van der Waals surface area (Å²) in [6.07, 6.45) is 11.8. The average molecular weight is 337 g/mol. The van der Waals surface area contributed by atoms with Crippen LogP contribution in [0, 0.1) is 11.8 Å². The minimum absolute atomic E-state index is 0.0308. The molecule has 0 aromatic heterocycles. The third-order valence-electron chi connectivity index (χ3n) is 5.43. The minimum Gasteiger partial charge on any atom is -0.467 e. The Balaban J connectivity index is 1.85. The fourth-order valence-corrected chi connectivity index (χ4v) is 4.10. The van der Waals surface area contributed by atoms with Crippen LogP contribution in [0.4, 0.5) is 4.79 Å². The van der Waals surface area contributed by atoms with Crippen molar-refractivity contribution >= 4 is 12.1 Å². The molecule has 5 heteroatoms. The quantitative estimate of drug-likeness (QED) is 0.413.